The van der Waals surface area contributed by atoms with Crippen molar-refractivity contribution in [2.45, 2.75) is 79.9 Å². The number of benzene rings is 2. The molecule has 14 nitrogen and oxygen atoms in total. The van der Waals surface area contributed by atoms with E-state index in [0.717, 1.165) is 62.5 Å². The molecule has 0 saturated heterocycles. The summed E-state index contributed by atoms with van der Waals surface area (Å²) >= 11 is 0. The van der Waals surface area contributed by atoms with E-state index < -0.39 is 47.2 Å². The van der Waals surface area contributed by atoms with E-state index in [0.29, 0.717) is 38.1 Å². The maximum absolute atomic E-state index is 12.7. The SMILES string of the molecule is COCCN1C(=CC=CC=CC=CC2=[N+](CCCCCC(=O)O)c3ccc(S(=O)(=O)OC)cc3C2(C)C)C(C)(CCCS(=O)(=O)OC)c2cc(S(=O)(=O)OC)ccc21. The minimum absolute atomic E-state index is 0.00806. The van der Waals surface area contributed by atoms with Crippen molar-refractivity contribution in [3.05, 3.63) is 95.8 Å². The lowest BCUT2D eigenvalue weighted by molar-refractivity contribution is -0.438. The predicted molar refractivity (Wildman–Crippen MR) is 222 cm³/mol. The number of carbonyl (C=O) groups is 1. The van der Waals surface area contributed by atoms with Gasteiger partial charge in [0.1, 0.15) is 6.54 Å². The molecule has 1 unspecified atom stereocenters. The molecule has 1 N–H and O–H groups in total. The molecule has 0 aliphatic carbocycles. The van der Waals surface area contributed by atoms with E-state index in [4.69, 9.17) is 18.2 Å². The van der Waals surface area contributed by atoms with Crippen molar-refractivity contribution in [3.63, 3.8) is 0 Å². The Balaban J connectivity index is 1.67. The molecular weight excluding hydrogens is 809 g/mol. The zero-order chi connectivity index (χ0) is 42.9. The zero-order valence-electron chi connectivity index (χ0n) is 34.1. The number of aliphatic carboxylic acids is 1. The number of rotatable bonds is 22. The third kappa shape index (κ3) is 10.6. The number of allylic oxidation sites excluding steroid dienone is 8. The lowest BCUT2D eigenvalue weighted by Crippen LogP contribution is -2.31. The van der Waals surface area contributed by atoms with Gasteiger partial charge in [-0.25, -0.2) is 0 Å². The number of ether oxygens (including phenoxy) is 1. The Bertz CT molecular complexity index is 2330. The fourth-order valence-electron chi connectivity index (χ4n) is 7.51. The average Bonchev–Trinajstić information content (AvgIpc) is 3.54. The zero-order valence-corrected chi connectivity index (χ0v) is 36.6. The molecule has 0 saturated carbocycles. The third-order valence-corrected chi connectivity index (χ3v) is 14.5. The molecule has 17 heteroatoms. The lowest BCUT2D eigenvalue weighted by Gasteiger charge is -2.30. The van der Waals surface area contributed by atoms with E-state index in [1.807, 2.05) is 63.3 Å². The molecule has 0 aromatic heterocycles. The van der Waals surface area contributed by atoms with Gasteiger partial charge in [-0.15, -0.1) is 0 Å². The van der Waals surface area contributed by atoms with Crippen molar-refractivity contribution in [1.29, 1.82) is 0 Å². The Morgan fingerprint density at radius 3 is 2.02 bits per heavy atom. The van der Waals surface area contributed by atoms with Gasteiger partial charge in [0.05, 0.1) is 48.9 Å². The van der Waals surface area contributed by atoms with Crippen LogP contribution in [0.5, 0.6) is 0 Å². The van der Waals surface area contributed by atoms with Crippen LogP contribution in [-0.2, 0) is 63.3 Å². The van der Waals surface area contributed by atoms with E-state index in [2.05, 4.69) is 13.7 Å². The van der Waals surface area contributed by atoms with Crippen molar-refractivity contribution in [2.24, 2.45) is 0 Å². The second-order valence-corrected chi connectivity index (χ2v) is 19.9. The summed E-state index contributed by atoms with van der Waals surface area (Å²) in [7, 11) is -6.71. The van der Waals surface area contributed by atoms with Gasteiger partial charge in [0, 0.05) is 61.0 Å². The number of anilines is 1. The Kier molecular flexibility index (Phi) is 15.6. The van der Waals surface area contributed by atoms with E-state index in [1.165, 1.54) is 12.1 Å². The first-order chi connectivity index (χ1) is 27.3. The summed E-state index contributed by atoms with van der Waals surface area (Å²) in [6, 6.07) is 9.77. The van der Waals surface area contributed by atoms with Crippen LogP contribution in [-0.4, -0.2) is 101 Å². The van der Waals surface area contributed by atoms with Crippen molar-refractivity contribution in [3.8, 4) is 0 Å². The highest BCUT2D eigenvalue weighted by molar-refractivity contribution is 7.87. The summed E-state index contributed by atoms with van der Waals surface area (Å²) in [5.74, 6) is -1.04. The normalized spacial score (nSPS) is 19.0. The van der Waals surface area contributed by atoms with Crippen LogP contribution in [0, 0.1) is 0 Å². The number of fused-ring (bicyclic) bond motifs is 2. The fourth-order valence-corrected chi connectivity index (χ4v) is 9.55. The number of hydrogen-bond acceptors (Lipinski definition) is 12. The van der Waals surface area contributed by atoms with Crippen molar-refractivity contribution in [2.75, 3.05) is 58.8 Å². The monoisotopic (exact) mass is 863 g/mol. The van der Waals surface area contributed by atoms with Gasteiger partial charge < -0.3 is 14.7 Å². The quantitative estimate of drug-likeness (QED) is 0.0620. The molecule has 4 rings (SSSR count). The van der Waals surface area contributed by atoms with E-state index in [9.17, 15) is 30.0 Å². The van der Waals surface area contributed by atoms with Gasteiger partial charge >= 0.3 is 5.97 Å². The summed E-state index contributed by atoms with van der Waals surface area (Å²) in [4.78, 5) is 13.2. The molecule has 2 heterocycles. The minimum atomic E-state index is -4.01. The highest BCUT2D eigenvalue weighted by atomic mass is 32.2. The summed E-state index contributed by atoms with van der Waals surface area (Å²) < 4.78 is 96.9. The molecule has 318 valence electrons. The number of carboxylic acids is 1. The summed E-state index contributed by atoms with van der Waals surface area (Å²) in [6.07, 6.45) is 16.0. The molecule has 2 aliphatic rings. The Labute approximate surface area is 343 Å². The molecule has 2 aromatic carbocycles. The van der Waals surface area contributed by atoms with Gasteiger partial charge in [0.15, 0.2) is 5.71 Å². The fraction of sp³-hybridized carbons (Fsp3) is 0.463. The van der Waals surface area contributed by atoms with Gasteiger partial charge in [0.25, 0.3) is 30.4 Å². The summed E-state index contributed by atoms with van der Waals surface area (Å²) in [5.41, 5.74) is 3.61. The first-order valence-electron chi connectivity index (χ1n) is 18.8. The van der Waals surface area contributed by atoms with Crippen LogP contribution in [0.2, 0.25) is 0 Å². The van der Waals surface area contributed by atoms with Crippen LogP contribution < -0.4 is 4.90 Å². The van der Waals surface area contributed by atoms with Gasteiger partial charge in [0.2, 0.25) is 5.69 Å². The molecule has 0 amide bonds. The highest BCUT2D eigenvalue weighted by Crippen LogP contribution is 2.51. The molecule has 0 fully saturated rings. The number of methoxy groups -OCH3 is 1. The smallest absolute Gasteiger partial charge is 0.303 e. The molecule has 0 radical (unpaired) electrons. The van der Waals surface area contributed by atoms with E-state index in [-0.39, 0.29) is 28.4 Å². The first kappa shape index (κ1) is 46.7. The van der Waals surface area contributed by atoms with Gasteiger partial charge in [-0.05, 0) is 88.4 Å². The van der Waals surface area contributed by atoms with Crippen LogP contribution in [0.25, 0.3) is 0 Å². The second kappa shape index (κ2) is 19.4. The van der Waals surface area contributed by atoms with Crippen LogP contribution in [0.1, 0.15) is 70.4 Å². The second-order valence-electron chi connectivity index (χ2n) is 14.7. The standard InChI is InChI=1S/C41H54N2O12S3/c1-40(2)33-29-31(57(48,49)54-6)20-22-35(33)42(25-15-11-14-19-39(44)45)37(40)17-12-9-8-10-13-18-38-41(3,24-16-28-56(46,47)53-5)34-30-32(58(50,51)55-7)21-23-36(34)43(38)26-27-52-4/h8-10,12-13,17-18,20-23,29-30H,11,14-16,19,24-28H2,1-7H3/p+1. The molecule has 2 aliphatic heterocycles. The summed E-state index contributed by atoms with van der Waals surface area (Å²) in [5, 5.41) is 9.07. The maximum Gasteiger partial charge on any atom is 0.303 e. The Morgan fingerprint density at radius 2 is 1.40 bits per heavy atom. The molecule has 1 atom stereocenters. The van der Waals surface area contributed by atoms with Crippen LogP contribution in [0.15, 0.2) is 94.4 Å². The Morgan fingerprint density at radius 1 is 0.776 bits per heavy atom. The third-order valence-electron chi connectivity index (χ3n) is 10.7. The van der Waals surface area contributed by atoms with E-state index >= 15 is 0 Å². The molecular formula is C41H55N2O12S3+. The largest absolute Gasteiger partial charge is 0.481 e. The average molecular weight is 864 g/mol. The van der Waals surface area contributed by atoms with Crippen molar-refractivity contribution < 1.29 is 57.0 Å². The number of hydrogen-bond donors (Lipinski definition) is 1. The number of carboxylic acid groups (broad SMARTS) is 1. The Hall–Kier alpha value is -3.97. The van der Waals surface area contributed by atoms with Crippen LogP contribution in [0.4, 0.5) is 11.4 Å². The molecule has 58 heavy (non-hydrogen) atoms. The number of nitrogens with zero attached hydrogens (tertiary/aromatic N) is 2. The maximum atomic E-state index is 12.7. The molecule has 0 bridgehead atoms. The van der Waals surface area contributed by atoms with Crippen molar-refractivity contribution in [1.82, 2.24) is 0 Å². The van der Waals surface area contributed by atoms with Crippen molar-refractivity contribution >= 4 is 53.4 Å². The minimum Gasteiger partial charge on any atom is -0.481 e. The van der Waals surface area contributed by atoms with Crippen LogP contribution >= 0.6 is 0 Å². The number of unbranched alkanes of at least 4 members (excludes halogenated alkanes) is 2. The van der Waals surface area contributed by atoms with Gasteiger partial charge in [-0.1, -0.05) is 30.4 Å². The molecule has 2 aromatic rings. The lowest BCUT2D eigenvalue weighted by atomic mass is 9.77. The predicted octanol–water partition coefficient (Wildman–Crippen LogP) is 6.11. The van der Waals surface area contributed by atoms with Crippen LogP contribution in [0.3, 0.4) is 0 Å². The molecule has 0 spiro atoms. The van der Waals surface area contributed by atoms with Gasteiger partial charge in [-0.2, -0.15) is 29.8 Å². The van der Waals surface area contributed by atoms with Gasteiger partial charge in [-0.3, -0.25) is 17.3 Å². The summed E-state index contributed by atoms with van der Waals surface area (Å²) in [6.45, 7) is 7.46. The van der Waals surface area contributed by atoms with E-state index in [1.54, 1.807) is 31.4 Å². The highest BCUT2D eigenvalue weighted by Gasteiger charge is 2.45. The first-order valence-corrected chi connectivity index (χ1v) is 23.2. The topological polar surface area (TPSA) is 183 Å².